The van der Waals surface area contributed by atoms with E-state index in [-0.39, 0.29) is 16.8 Å². The van der Waals surface area contributed by atoms with Gasteiger partial charge in [0, 0.05) is 19.8 Å². The lowest BCUT2D eigenvalue weighted by molar-refractivity contribution is -0.151. The summed E-state index contributed by atoms with van der Waals surface area (Å²) in [5.74, 6) is -1.10. The molecule has 0 saturated heterocycles. The highest BCUT2D eigenvalue weighted by molar-refractivity contribution is 7.89. The van der Waals surface area contributed by atoms with E-state index in [0.717, 1.165) is 17.1 Å². The highest BCUT2D eigenvalue weighted by Gasteiger charge is 2.21. The fourth-order valence-electron chi connectivity index (χ4n) is 2.40. The number of esters is 1. The van der Waals surface area contributed by atoms with E-state index in [1.54, 1.807) is 6.07 Å². The van der Waals surface area contributed by atoms with Gasteiger partial charge in [-0.2, -0.15) is 0 Å². The van der Waals surface area contributed by atoms with Gasteiger partial charge in [0.2, 0.25) is 10.0 Å². The minimum absolute atomic E-state index is 0.0706. The van der Waals surface area contributed by atoms with Crippen molar-refractivity contribution in [2.24, 2.45) is 5.92 Å². The molecule has 0 aliphatic heterocycles. The van der Waals surface area contributed by atoms with E-state index in [0.29, 0.717) is 12.1 Å². The first-order chi connectivity index (χ1) is 11.8. The summed E-state index contributed by atoms with van der Waals surface area (Å²) in [5.41, 5.74) is 0.324. The average molecular weight is 366 g/mol. The SMILES string of the molecule is CN(C)S(=O)(=O)c1cccc(NC(=O)COC(=O)[C@H]2CC=CCC2)c1. The van der Waals surface area contributed by atoms with Gasteiger partial charge in [0.15, 0.2) is 6.61 Å². The Morgan fingerprint density at radius 1 is 1.28 bits per heavy atom. The largest absolute Gasteiger partial charge is 0.455 e. The van der Waals surface area contributed by atoms with E-state index in [4.69, 9.17) is 4.74 Å². The molecule has 136 valence electrons. The average Bonchev–Trinajstić information content (AvgIpc) is 2.60. The molecule has 1 amide bonds. The van der Waals surface area contributed by atoms with Gasteiger partial charge in [-0.25, -0.2) is 12.7 Å². The van der Waals surface area contributed by atoms with Crippen LogP contribution in [-0.2, 0) is 24.3 Å². The number of sulfonamides is 1. The molecule has 1 N–H and O–H groups in total. The topological polar surface area (TPSA) is 92.8 Å². The summed E-state index contributed by atoms with van der Waals surface area (Å²) in [6.07, 6.45) is 6.14. The van der Waals surface area contributed by atoms with Crippen LogP contribution in [0.25, 0.3) is 0 Å². The number of hydrogen-bond donors (Lipinski definition) is 1. The van der Waals surface area contributed by atoms with Crippen LogP contribution in [0.15, 0.2) is 41.3 Å². The molecule has 0 spiro atoms. The Kier molecular flexibility index (Phi) is 6.33. The van der Waals surface area contributed by atoms with Crippen molar-refractivity contribution < 1.29 is 22.7 Å². The van der Waals surface area contributed by atoms with Crippen molar-refractivity contribution in [1.82, 2.24) is 4.31 Å². The van der Waals surface area contributed by atoms with E-state index >= 15 is 0 Å². The van der Waals surface area contributed by atoms with Gasteiger partial charge in [-0.1, -0.05) is 18.2 Å². The Morgan fingerprint density at radius 2 is 2.04 bits per heavy atom. The van der Waals surface area contributed by atoms with Gasteiger partial charge in [-0.3, -0.25) is 9.59 Å². The van der Waals surface area contributed by atoms with Crippen molar-refractivity contribution in [2.75, 3.05) is 26.0 Å². The molecular weight excluding hydrogens is 344 g/mol. The zero-order chi connectivity index (χ0) is 18.4. The van der Waals surface area contributed by atoms with Crippen LogP contribution < -0.4 is 5.32 Å². The summed E-state index contributed by atoms with van der Waals surface area (Å²) in [6.45, 7) is -0.399. The first-order valence-electron chi connectivity index (χ1n) is 7.95. The van der Waals surface area contributed by atoms with E-state index in [1.165, 1.54) is 32.3 Å². The Bertz CT molecular complexity index is 771. The number of allylic oxidation sites excluding steroid dienone is 2. The number of anilines is 1. The summed E-state index contributed by atoms with van der Waals surface area (Å²) in [6, 6.07) is 5.91. The zero-order valence-electron chi connectivity index (χ0n) is 14.3. The maximum atomic E-state index is 12.1. The molecule has 8 heteroatoms. The van der Waals surface area contributed by atoms with Crippen LogP contribution in [0, 0.1) is 5.92 Å². The van der Waals surface area contributed by atoms with Crippen molar-refractivity contribution in [1.29, 1.82) is 0 Å². The van der Waals surface area contributed by atoms with Crippen LogP contribution in [0.1, 0.15) is 19.3 Å². The van der Waals surface area contributed by atoms with Crippen LogP contribution in [0.2, 0.25) is 0 Å². The third-order valence-corrected chi connectivity index (χ3v) is 5.66. The smallest absolute Gasteiger partial charge is 0.309 e. The molecule has 25 heavy (non-hydrogen) atoms. The number of hydrogen-bond acceptors (Lipinski definition) is 5. The Hall–Kier alpha value is -2.19. The van der Waals surface area contributed by atoms with Crippen molar-refractivity contribution in [3.8, 4) is 0 Å². The summed E-state index contributed by atoms with van der Waals surface area (Å²) in [5, 5.41) is 2.54. The number of amides is 1. The predicted molar refractivity (Wildman–Crippen MR) is 93.4 cm³/mol. The van der Waals surface area contributed by atoms with Gasteiger partial charge in [-0.05, 0) is 37.5 Å². The fraction of sp³-hybridized carbons (Fsp3) is 0.412. The van der Waals surface area contributed by atoms with Crippen molar-refractivity contribution in [3.05, 3.63) is 36.4 Å². The summed E-state index contributed by atoms with van der Waals surface area (Å²) < 4.78 is 30.3. The Balaban J connectivity index is 1.92. The standard InChI is InChI=1S/C17H22N2O5S/c1-19(2)25(22,23)15-10-6-9-14(11-15)18-16(20)12-24-17(21)13-7-4-3-5-8-13/h3-4,6,9-11,13H,5,7-8,12H2,1-2H3,(H,18,20)/t13-/m0/s1. The predicted octanol–water partition coefficient (Wildman–Crippen LogP) is 1.77. The van der Waals surface area contributed by atoms with Crippen molar-refractivity contribution in [3.63, 3.8) is 0 Å². The van der Waals surface area contributed by atoms with E-state index in [1.807, 2.05) is 12.2 Å². The number of ether oxygens (including phenoxy) is 1. The quantitative estimate of drug-likeness (QED) is 0.612. The molecule has 7 nitrogen and oxygen atoms in total. The third-order valence-electron chi connectivity index (χ3n) is 3.84. The van der Waals surface area contributed by atoms with Crippen LogP contribution in [0.4, 0.5) is 5.69 Å². The molecule has 0 bridgehead atoms. The lowest BCUT2D eigenvalue weighted by atomic mass is 9.95. The van der Waals surface area contributed by atoms with E-state index in [9.17, 15) is 18.0 Å². The molecule has 0 fully saturated rings. The van der Waals surface area contributed by atoms with Crippen LogP contribution in [0.5, 0.6) is 0 Å². The second kappa shape index (κ2) is 8.26. The molecule has 0 heterocycles. The van der Waals surface area contributed by atoms with Crippen LogP contribution >= 0.6 is 0 Å². The molecule has 0 saturated carbocycles. The normalized spacial score (nSPS) is 17.3. The first-order valence-corrected chi connectivity index (χ1v) is 9.39. The lowest BCUT2D eigenvalue weighted by Gasteiger charge is -2.16. The molecule has 1 aliphatic carbocycles. The molecular formula is C17H22N2O5S. The monoisotopic (exact) mass is 366 g/mol. The Morgan fingerprint density at radius 3 is 2.68 bits per heavy atom. The van der Waals surface area contributed by atoms with Crippen LogP contribution in [0.3, 0.4) is 0 Å². The summed E-state index contributed by atoms with van der Waals surface area (Å²) in [4.78, 5) is 23.9. The molecule has 0 unspecified atom stereocenters. The number of rotatable bonds is 6. The number of benzene rings is 1. The molecule has 1 aromatic rings. The molecule has 0 aromatic heterocycles. The second-order valence-electron chi connectivity index (χ2n) is 5.95. The number of nitrogens with zero attached hydrogens (tertiary/aromatic N) is 1. The maximum Gasteiger partial charge on any atom is 0.309 e. The number of nitrogens with one attached hydrogen (secondary N) is 1. The molecule has 1 aliphatic rings. The molecule has 1 aromatic carbocycles. The fourth-order valence-corrected chi connectivity index (χ4v) is 3.35. The lowest BCUT2D eigenvalue weighted by Crippen LogP contribution is -2.25. The Labute approximate surface area is 147 Å². The number of carbonyl (C=O) groups is 2. The first kappa shape index (κ1) is 19.1. The summed E-state index contributed by atoms with van der Waals surface area (Å²) >= 11 is 0. The van der Waals surface area contributed by atoms with Gasteiger partial charge < -0.3 is 10.1 Å². The third kappa shape index (κ3) is 5.14. The molecule has 2 rings (SSSR count). The van der Waals surface area contributed by atoms with Gasteiger partial charge in [-0.15, -0.1) is 0 Å². The second-order valence-corrected chi connectivity index (χ2v) is 8.10. The van der Waals surface area contributed by atoms with Crippen LogP contribution in [-0.4, -0.2) is 45.3 Å². The van der Waals surface area contributed by atoms with Gasteiger partial charge in [0.1, 0.15) is 0 Å². The van der Waals surface area contributed by atoms with Gasteiger partial charge >= 0.3 is 5.97 Å². The van der Waals surface area contributed by atoms with Crippen molar-refractivity contribution >= 4 is 27.6 Å². The van der Waals surface area contributed by atoms with Gasteiger partial charge in [0.05, 0.1) is 10.8 Å². The van der Waals surface area contributed by atoms with E-state index in [2.05, 4.69) is 5.32 Å². The molecule has 1 atom stereocenters. The number of carbonyl (C=O) groups excluding carboxylic acids is 2. The van der Waals surface area contributed by atoms with Gasteiger partial charge in [0.25, 0.3) is 5.91 Å². The maximum absolute atomic E-state index is 12.1. The minimum atomic E-state index is -3.59. The van der Waals surface area contributed by atoms with E-state index < -0.39 is 22.5 Å². The highest BCUT2D eigenvalue weighted by atomic mass is 32.2. The molecule has 0 radical (unpaired) electrons. The highest BCUT2D eigenvalue weighted by Crippen LogP contribution is 2.20. The summed E-state index contributed by atoms with van der Waals surface area (Å²) in [7, 11) is -0.723. The van der Waals surface area contributed by atoms with Crippen molar-refractivity contribution in [2.45, 2.75) is 24.2 Å². The zero-order valence-corrected chi connectivity index (χ0v) is 15.1. The minimum Gasteiger partial charge on any atom is -0.455 e.